The highest BCUT2D eigenvalue weighted by Crippen LogP contribution is 2.35. The number of amides is 2. The van der Waals surface area contributed by atoms with Crippen LogP contribution in [-0.2, 0) is 29.1 Å². The first-order valence-corrected chi connectivity index (χ1v) is 11.0. The molecule has 2 aromatic carbocycles. The first-order valence-electron chi connectivity index (χ1n) is 11.0. The van der Waals surface area contributed by atoms with Crippen molar-refractivity contribution in [2.24, 2.45) is 0 Å². The zero-order chi connectivity index (χ0) is 22.3. The Kier molecular flexibility index (Phi) is 6.97. The summed E-state index contributed by atoms with van der Waals surface area (Å²) >= 11 is 0. The lowest BCUT2D eigenvalue weighted by atomic mass is 10.1. The SMILES string of the molecule is O=C(NCc1ccc(Cn2cccn2)cc1)C(=O)N(CCCO)C1CCc2ccccc21. The van der Waals surface area contributed by atoms with E-state index in [9.17, 15) is 14.7 Å². The summed E-state index contributed by atoms with van der Waals surface area (Å²) in [6.45, 7) is 1.29. The minimum Gasteiger partial charge on any atom is -0.396 e. The lowest BCUT2D eigenvalue weighted by Gasteiger charge is -2.29. The summed E-state index contributed by atoms with van der Waals surface area (Å²) in [7, 11) is 0. The Morgan fingerprint density at radius 1 is 1.09 bits per heavy atom. The summed E-state index contributed by atoms with van der Waals surface area (Å²) in [6, 6.07) is 17.7. The molecule has 1 aliphatic carbocycles. The predicted octanol–water partition coefficient (Wildman–Crippen LogP) is 2.45. The van der Waals surface area contributed by atoms with Crippen molar-refractivity contribution < 1.29 is 14.7 Å². The Morgan fingerprint density at radius 2 is 1.88 bits per heavy atom. The topological polar surface area (TPSA) is 87.5 Å². The third-order valence-corrected chi connectivity index (χ3v) is 5.87. The number of aryl methyl sites for hydroxylation is 1. The molecule has 4 rings (SSSR count). The fourth-order valence-electron chi connectivity index (χ4n) is 4.23. The first kappa shape index (κ1) is 21.8. The fourth-order valence-corrected chi connectivity index (χ4v) is 4.23. The van der Waals surface area contributed by atoms with E-state index in [4.69, 9.17) is 0 Å². The van der Waals surface area contributed by atoms with Gasteiger partial charge in [-0.1, -0.05) is 48.5 Å². The second-order valence-electron chi connectivity index (χ2n) is 8.03. The number of hydrogen-bond donors (Lipinski definition) is 2. The standard InChI is InChI=1S/C25H28N4O3/c30-16-4-15-29(23-12-11-21-5-1-2-6-22(21)23)25(32)24(31)26-17-19-7-9-20(10-8-19)18-28-14-3-13-27-28/h1-3,5-10,13-14,23,30H,4,11-12,15-18H2,(H,26,31). The summed E-state index contributed by atoms with van der Waals surface area (Å²) in [5, 5.41) is 16.2. The van der Waals surface area contributed by atoms with Gasteiger partial charge in [0.25, 0.3) is 0 Å². The van der Waals surface area contributed by atoms with Crippen LogP contribution in [0, 0.1) is 0 Å². The Balaban J connectivity index is 1.37. The van der Waals surface area contributed by atoms with Crippen LogP contribution in [-0.4, -0.2) is 44.8 Å². The van der Waals surface area contributed by atoms with Crippen molar-refractivity contribution in [3.05, 3.63) is 89.2 Å². The van der Waals surface area contributed by atoms with E-state index in [2.05, 4.69) is 16.5 Å². The summed E-state index contributed by atoms with van der Waals surface area (Å²) < 4.78 is 1.84. The molecular weight excluding hydrogens is 404 g/mol. The first-order chi connectivity index (χ1) is 15.7. The monoisotopic (exact) mass is 432 g/mol. The summed E-state index contributed by atoms with van der Waals surface area (Å²) in [4.78, 5) is 27.3. The van der Waals surface area contributed by atoms with E-state index >= 15 is 0 Å². The van der Waals surface area contributed by atoms with Crippen molar-refractivity contribution in [3.63, 3.8) is 0 Å². The van der Waals surface area contributed by atoms with E-state index in [1.807, 2.05) is 59.4 Å². The Labute approximate surface area is 187 Å². The number of aliphatic hydroxyl groups is 1. The van der Waals surface area contributed by atoms with Crippen LogP contribution >= 0.6 is 0 Å². The number of aromatic nitrogens is 2. The van der Waals surface area contributed by atoms with E-state index < -0.39 is 11.8 Å². The molecule has 0 fully saturated rings. The van der Waals surface area contributed by atoms with Gasteiger partial charge >= 0.3 is 11.8 Å². The molecule has 0 saturated carbocycles. The number of carbonyl (C=O) groups excluding carboxylic acids is 2. The molecule has 1 aliphatic rings. The minimum absolute atomic E-state index is 0.0232. The van der Waals surface area contributed by atoms with Crippen LogP contribution in [0.5, 0.6) is 0 Å². The molecular formula is C25H28N4O3. The number of benzene rings is 2. The lowest BCUT2D eigenvalue weighted by molar-refractivity contribution is -0.147. The molecule has 1 atom stereocenters. The second kappa shape index (κ2) is 10.2. The summed E-state index contributed by atoms with van der Waals surface area (Å²) in [5.41, 5.74) is 4.34. The Morgan fingerprint density at radius 3 is 2.62 bits per heavy atom. The molecule has 2 amide bonds. The average Bonchev–Trinajstić information content (AvgIpc) is 3.49. The highest BCUT2D eigenvalue weighted by molar-refractivity contribution is 6.35. The molecule has 0 radical (unpaired) electrons. The smallest absolute Gasteiger partial charge is 0.312 e. The van der Waals surface area contributed by atoms with Gasteiger partial charge in [0.1, 0.15) is 0 Å². The van der Waals surface area contributed by atoms with Gasteiger partial charge in [0.05, 0.1) is 12.6 Å². The maximum Gasteiger partial charge on any atom is 0.312 e. The highest BCUT2D eigenvalue weighted by atomic mass is 16.3. The van der Waals surface area contributed by atoms with Gasteiger partial charge in [-0.15, -0.1) is 0 Å². The number of nitrogens with one attached hydrogen (secondary N) is 1. The zero-order valence-corrected chi connectivity index (χ0v) is 18.0. The van der Waals surface area contributed by atoms with E-state index in [0.29, 0.717) is 19.5 Å². The average molecular weight is 433 g/mol. The molecule has 1 unspecified atom stereocenters. The van der Waals surface area contributed by atoms with Crippen molar-refractivity contribution >= 4 is 11.8 Å². The third kappa shape index (κ3) is 5.06. The van der Waals surface area contributed by atoms with E-state index in [0.717, 1.165) is 29.5 Å². The van der Waals surface area contributed by atoms with Crippen LogP contribution in [0.1, 0.15) is 41.1 Å². The molecule has 0 aliphatic heterocycles. The Bertz CT molecular complexity index is 1050. The van der Waals surface area contributed by atoms with Crippen molar-refractivity contribution in [2.45, 2.75) is 38.4 Å². The van der Waals surface area contributed by atoms with Gasteiger partial charge in [-0.3, -0.25) is 14.3 Å². The second-order valence-corrected chi connectivity index (χ2v) is 8.03. The molecule has 166 valence electrons. The summed E-state index contributed by atoms with van der Waals surface area (Å²) in [6.07, 6.45) is 5.77. The number of rotatable bonds is 8. The van der Waals surface area contributed by atoms with Gasteiger partial charge in [0, 0.05) is 32.1 Å². The normalized spacial score (nSPS) is 14.7. The van der Waals surface area contributed by atoms with Crippen LogP contribution < -0.4 is 5.32 Å². The number of fused-ring (bicyclic) bond motifs is 1. The number of nitrogens with zero attached hydrogens (tertiary/aromatic N) is 3. The van der Waals surface area contributed by atoms with Gasteiger partial charge in [0.2, 0.25) is 0 Å². The minimum atomic E-state index is -0.618. The van der Waals surface area contributed by atoms with E-state index in [1.54, 1.807) is 11.1 Å². The summed E-state index contributed by atoms with van der Waals surface area (Å²) in [5.74, 6) is -1.16. The van der Waals surface area contributed by atoms with E-state index in [-0.39, 0.29) is 19.2 Å². The van der Waals surface area contributed by atoms with Crippen LogP contribution in [0.25, 0.3) is 0 Å². The highest BCUT2D eigenvalue weighted by Gasteiger charge is 2.33. The van der Waals surface area contributed by atoms with Crippen molar-refractivity contribution in [3.8, 4) is 0 Å². The molecule has 0 spiro atoms. The van der Waals surface area contributed by atoms with Gasteiger partial charge in [-0.25, -0.2) is 0 Å². The molecule has 32 heavy (non-hydrogen) atoms. The number of hydrogen-bond acceptors (Lipinski definition) is 4. The van der Waals surface area contributed by atoms with Crippen LogP contribution in [0.4, 0.5) is 0 Å². The van der Waals surface area contributed by atoms with Crippen LogP contribution in [0.3, 0.4) is 0 Å². The maximum absolute atomic E-state index is 13.0. The molecule has 1 heterocycles. The molecule has 7 heteroatoms. The molecule has 0 saturated heterocycles. The third-order valence-electron chi connectivity index (χ3n) is 5.87. The fraction of sp³-hybridized carbons (Fsp3) is 0.320. The predicted molar refractivity (Wildman–Crippen MR) is 121 cm³/mol. The molecule has 2 N–H and O–H groups in total. The molecule has 3 aromatic rings. The quantitative estimate of drug-likeness (QED) is 0.536. The largest absolute Gasteiger partial charge is 0.396 e. The molecule has 0 bridgehead atoms. The number of aliphatic hydroxyl groups excluding tert-OH is 1. The van der Waals surface area contributed by atoms with Gasteiger partial charge in [0.15, 0.2) is 0 Å². The maximum atomic E-state index is 13.0. The van der Waals surface area contributed by atoms with Crippen molar-refractivity contribution in [1.82, 2.24) is 20.0 Å². The van der Waals surface area contributed by atoms with Gasteiger partial charge in [-0.2, -0.15) is 5.10 Å². The zero-order valence-electron chi connectivity index (χ0n) is 18.0. The van der Waals surface area contributed by atoms with Gasteiger partial charge < -0.3 is 15.3 Å². The van der Waals surface area contributed by atoms with Gasteiger partial charge in [-0.05, 0) is 47.6 Å². The van der Waals surface area contributed by atoms with Crippen LogP contribution in [0.2, 0.25) is 0 Å². The lowest BCUT2D eigenvalue weighted by Crippen LogP contribution is -2.44. The van der Waals surface area contributed by atoms with Crippen LogP contribution in [0.15, 0.2) is 67.0 Å². The van der Waals surface area contributed by atoms with Crippen molar-refractivity contribution in [2.75, 3.05) is 13.2 Å². The molecule has 1 aromatic heterocycles. The Hall–Kier alpha value is -3.45. The van der Waals surface area contributed by atoms with E-state index in [1.165, 1.54) is 5.56 Å². The molecule has 7 nitrogen and oxygen atoms in total. The number of carbonyl (C=O) groups is 2. The van der Waals surface area contributed by atoms with Crippen molar-refractivity contribution in [1.29, 1.82) is 0 Å².